The molecule has 0 radical (unpaired) electrons. The van der Waals surface area contributed by atoms with E-state index in [4.69, 9.17) is 9.47 Å². The molecule has 1 fully saturated rings. The molecule has 36 heavy (non-hydrogen) atoms. The lowest BCUT2D eigenvalue weighted by atomic mass is 9.88. The van der Waals surface area contributed by atoms with Crippen molar-refractivity contribution in [2.24, 2.45) is 0 Å². The number of morpholine rings is 1. The first-order valence-corrected chi connectivity index (χ1v) is 12.0. The number of benzene rings is 3. The predicted octanol–water partition coefficient (Wildman–Crippen LogP) is 4.13. The molecule has 3 atom stereocenters. The van der Waals surface area contributed by atoms with Crippen LogP contribution in [0.3, 0.4) is 0 Å². The highest BCUT2D eigenvalue weighted by Crippen LogP contribution is 2.44. The minimum absolute atomic E-state index is 0.0895. The molecule has 1 aliphatic carbocycles. The molecule has 3 aromatic rings. The normalized spacial score (nSPS) is 21.6. The van der Waals surface area contributed by atoms with E-state index in [0.29, 0.717) is 0 Å². The second kappa shape index (κ2) is 9.59. The van der Waals surface area contributed by atoms with Crippen molar-refractivity contribution in [2.45, 2.75) is 37.4 Å². The van der Waals surface area contributed by atoms with Crippen LogP contribution in [0.15, 0.2) is 78.9 Å². The lowest BCUT2D eigenvalue weighted by molar-refractivity contribution is -0.162. The number of amides is 1. The minimum Gasteiger partial charge on any atom is -0.462 e. The van der Waals surface area contributed by atoms with Gasteiger partial charge in [0.25, 0.3) is 0 Å². The number of nitrogens with one attached hydrogen (secondary N) is 2. The molecule has 7 nitrogen and oxygen atoms in total. The Morgan fingerprint density at radius 2 is 1.58 bits per heavy atom. The molecule has 1 amide bonds. The quantitative estimate of drug-likeness (QED) is 0.404. The number of hydrogen-bond donors (Lipinski definition) is 2. The van der Waals surface area contributed by atoms with Crippen LogP contribution in [0.1, 0.15) is 42.5 Å². The maximum absolute atomic E-state index is 13.3. The molecule has 0 aromatic heterocycles. The summed E-state index contributed by atoms with van der Waals surface area (Å²) in [6.07, 6.45) is -0.718. The van der Waals surface area contributed by atoms with Gasteiger partial charge in [0.15, 0.2) is 11.3 Å². The summed E-state index contributed by atoms with van der Waals surface area (Å²) >= 11 is 0. The first-order valence-electron chi connectivity index (χ1n) is 12.0. The second-order valence-electron chi connectivity index (χ2n) is 9.39. The number of alkyl carbamates (subject to hydrolysis) is 1. The van der Waals surface area contributed by atoms with Crippen molar-refractivity contribution in [1.82, 2.24) is 10.6 Å². The standard InChI is InChI=1S/C29H28N2O5/c1-18(26(32)29(2)27(33)35-17-25(31-29)19-10-4-3-5-11-19)30-28(34)36-16-24-22-14-8-6-12-20(22)21-13-7-9-15-23(21)24/h3-15,18,24-25,31H,16-17H2,1-2H3,(H,30,34)/t18-,25?,29?/m0/s1. The fourth-order valence-electron chi connectivity index (χ4n) is 5.10. The molecule has 0 bridgehead atoms. The number of Topliss-reactive ketones (excluding diaryl/α,β-unsaturated/α-hetero) is 1. The van der Waals surface area contributed by atoms with Crippen LogP contribution >= 0.6 is 0 Å². The third-order valence-electron chi connectivity index (χ3n) is 7.02. The number of cyclic esters (lactones) is 1. The van der Waals surface area contributed by atoms with Crippen LogP contribution in [0.5, 0.6) is 0 Å². The number of ether oxygens (including phenoxy) is 2. The Balaban J connectivity index is 1.24. The van der Waals surface area contributed by atoms with Crippen molar-refractivity contribution in [1.29, 1.82) is 0 Å². The zero-order chi connectivity index (χ0) is 25.3. The van der Waals surface area contributed by atoms with E-state index in [1.54, 1.807) is 0 Å². The lowest BCUT2D eigenvalue weighted by Gasteiger charge is -2.38. The number of hydrogen-bond acceptors (Lipinski definition) is 6. The second-order valence-corrected chi connectivity index (χ2v) is 9.39. The Hall–Kier alpha value is -3.97. The number of fused-ring (bicyclic) bond motifs is 3. The zero-order valence-electron chi connectivity index (χ0n) is 20.2. The fourth-order valence-corrected chi connectivity index (χ4v) is 5.10. The topological polar surface area (TPSA) is 93.7 Å². The molecule has 2 unspecified atom stereocenters. The van der Waals surface area contributed by atoms with E-state index < -0.39 is 29.4 Å². The Labute approximate surface area is 209 Å². The molecule has 3 aromatic carbocycles. The van der Waals surface area contributed by atoms with Gasteiger partial charge in [-0.2, -0.15) is 0 Å². The summed E-state index contributed by atoms with van der Waals surface area (Å²) in [6.45, 7) is 3.28. The minimum atomic E-state index is -1.60. The molecule has 2 N–H and O–H groups in total. The van der Waals surface area contributed by atoms with Gasteiger partial charge in [-0.3, -0.25) is 10.1 Å². The van der Waals surface area contributed by atoms with Gasteiger partial charge in [0.1, 0.15) is 13.2 Å². The number of esters is 1. The van der Waals surface area contributed by atoms with Crippen LogP contribution in [-0.2, 0) is 19.1 Å². The molecular formula is C29H28N2O5. The van der Waals surface area contributed by atoms with Gasteiger partial charge >= 0.3 is 12.1 Å². The van der Waals surface area contributed by atoms with Crippen molar-refractivity contribution in [3.63, 3.8) is 0 Å². The zero-order valence-corrected chi connectivity index (χ0v) is 20.2. The lowest BCUT2D eigenvalue weighted by Crippen LogP contribution is -2.65. The molecule has 0 spiro atoms. The van der Waals surface area contributed by atoms with Crippen molar-refractivity contribution in [3.8, 4) is 11.1 Å². The van der Waals surface area contributed by atoms with Gasteiger partial charge in [-0.25, -0.2) is 9.59 Å². The van der Waals surface area contributed by atoms with E-state index in [0.717, 1.165) is 27.8 Å². The Morgan fingerprint density at radius 3 is 2.22 bits per heavy atom. The van der Waals surface area contributed by atoms with E-state index in [1.807, 2.05) is 66.7 Å². The first-order chi connectivity index (χ1) is 17.4. The Bertz CT molecular complexity index is 1260. The largest absolute Gasteiger partial charge is 0.462 e. The van der Waals surface area contributed by atoms with Crippen LogP contribution in [0, 0.1) is 0 Å². The molecule has 0 saturated carbocycles. The Morgan fingerprint density at radius 1 is 1.00 bits per heavy atom. The average Bonchev–Trinajstić information content (AvgIpc) is 3.23. The van der Waals surface area contributed by atoms with Crippen molar-refractivity contribution in [3.05, 3.63) is 95.6 Å². The molecule has 1 aliphatic heterocycles. The van der Waals surface area contributed by atoms with E-state index >= 15 is 0 Å². The summed E-state index contributed by atoms with van der Waals surface area (Å²) in [4.78, 5) is 38.6. The highest BCUT2D eigenvalue weighted by molar-refractivity contribution is 6.11. The van der Waals surface area contributed by atoms with Gasteiger partial charge in [-0.05, 0) is 41.7 Å². The first kappa shape index (κ1) is 23.8. The van der Waals surface area contributed by atoms with Gasteiger partial charge in [0.05, 0.1) is 12.1 Å². The van der Waals surface area contributed by atoms with Crippen molar-refractivity contribution in [2.75, 3.05) is 13.2 Å². The fraction of sp³-hybridized carbons (Fsp3) is 0.276. The monoisotopic (exact) mass is 484 g/mol. The summed E-state index contributed by atoms with van der Waals surface area (Å²) in [6, 6.07) is 24.3. The van der Waals surface area contributed by atoms with Crippen LogP contribution in [-0.4, -0.2) is 42.6 Å². The smallest absolute Gasteiger partial charge is 0.407 e. The maximum Gasteiger partial charge on any atom is 0.407 e. The van der Waals surface area contributed by atoms with Crippen LogP contribution in [0.25, 0.3) is 11.1 Å². The molecule has 1 heterocycles. The maximum atomic E-state index is 13.3. The highest BCUT2D eigenvalue weighted by atomic mass is 16.6. The molecular weight excluding hydrogens is 456 g/mol. The van der Waals surface area contributed by atoms with Crippen molar-refractivity contribution < 1.29 is 23.9 Å². The number of carbonyl (C=O) groups is 3. The molecule has 184 valence electrons. The summed E-state index contributed by atoms with van der Waals surface area (Å²) in [5.74, 6) is -1.25. The highest BCUT2D eigenvalue weighted by Gasteiger charge is 2.49. The summed E-state index contributed by atoms with van der Waals surface area (Å²) < 4.78 is 10.9. The number of rotatable bonds is 6. The summed E-state index contributed by atoms with van der Waals surface area (Å²) in [5, 5.41) is 5.72. The van der Waals surface area contributed by atoms with Crippen LogP contribution < -0.4 is 10.6 Å². The van der Waals surface area contributed by atoms with Gasteiger partial charge in [0.2, 0.25) is 0 Å². The Kier molecular flexibility index (Phi) is 6.33. The molecule has 1 saturated heterocycles. The average molecular weight is 485 g/mol. The number of carbonyl (C=O) groups excluding carboxylic acids is 3. The van der Waals surface area contributed by atoms with Crippen LogP contribution in [0.4, 0.5) is 4.79 Å². The predicted molar refractivity (Wildman–Crippen MR) is 134 cm³/mol. The molecule has 2 aliphatic rings. The third-order valence-corrected chi connectivity index (χ3v) is 7.02. The van der Waals surface area contributed by atoms with Crippen molar-refractivity contribution >= 4 is 17.8 Å². The van der Waals surface area contributed by atoms with E-state index in [1.165, 1.54) is 13.8 Å². The third kappa shape index (κ3) is 4.27. The van der Waals surface area contributed by atoms with Crippen LogP contribution in [0.2, 0.25) is 0 Å². The summed E-state index contributed by atoms with van der Waals surface area (Å²) in [5.41, 5.74) is 3.77. The SMILES string of the molecule is C[C@H](NC(=O)OCC1c2ccccc2-c2ccccc21)C(=O)C1(C)NC(c2ccccc2)COC1=O. The van der Waals surface area contributed by atoms with Gasteiger partial charge < -0.3 is 14.8 Å². The number of ketones is 1. The van der Waals surface area contributed by atoms with Gasteiger partial charge in [0, 0.05) is 5.92 Å². The van der Waals surface area contributed by atoms with E-state index in [-0.39, 0.29) is 25.2 Å². The molecule has 7 heteroatoms. The van der Waals surface area contributed by atoms with E-state index in [9.17, 15) is 14.4 Å². The summed E-state index contributed by atoms with van der Waals surface area (Å²) in [7, 11) is 0. The van der Waals surface area contributed by atoms with E-state index in [2.05, 4.69) is 22.8 Å². The van der Waals surface area contributed by atoms with Gasteiger partial charge in [-0.1, -0.05) is 78.9 Å². The van der Waals surface area contributed by atoms with Gasteiger partial charge in [-0.15, -0.1) is 0 Å². The molecule has 5 rings (SSSR count).